The van der Waals surface area contributed by atoms with Gasteiger partial charge in [-0.3, -0.25) is 14.0 Å². The summed E-state index contributed by atoms with van der Waals surface area (Å²) in [5.74, 6) is -0.374. The van der Waals surface area contributed by atoms with Crippen molar-refractivity contribution in [1.82, 2.24) is 9.38 Å². The third-order valence-corrected chi connectivity index (χ3v) is 6.67. The molecule has 3 aromatic rings. The number of hydrogen-bond donors (Lipinski definition) is 2. The molecule has 1 unspecified atom stereocenters. The Balaban J connectivity index is 1.77. The average Bonchev–Trinajstić information content (AvgIpc) is 3.11. The van der Waals surface area contributed by atoms with Crippen LogP contribution in [0.25, 0.3) is 5.65 Å². The highest BCUT2D eigenvalue weighted by Crippen LogP contribution is 2.39. The van der Waals surface area contributed by atoms with Gasteiger partial charge in [0.1, 0.15) is 10.7 Å². The Morgan fingerprint density at radius 1 is 1.39 bits per heavy atom. The smallest absolute Gasteiger partial charge is 0.275 e. The van der Waals surface area contributed by atoms with Crippen LogP contribution in [0.3, 0.4) is 0 Å². The van der Waals surface area contributed by atoms with Crippen LogP contribution in [-0.2, 0) is 12.8 Å². The van der Waals surface area contributed by atoms with Gasteiger partial charge < -0.3 is 11.1 Å². The van der Waals surface area contributed by atoms with Crippen LogP contribution in [0.4, 0.5) is 5.00 Å². The maximum absolute atomic E-state index is 13.1. The lowest BCUT2D eigenvalue weighted by Crippen LogP contribution is -2.20. The standard InChI is InChI=1S/C19H18Cl2N4O2S/c1-8-3-4-11-13(5-8)28-19(14(11)16(22)26)24-18(27)15-9(2)23-17-12(21)6-10(20)7-25(15)17/h6-8H,3-5H2,1-2H3,(H2,22,26)(H,24,27). The number of hydrogen-bond acceptors (Lipinski definition) is 4. The third kappa shape index (κ3) is 3.17. The van der Waals surface area contributed by atoms with E-state index in [4.69, 9.17) is 28.9 Å². The molecular formula is C19H18Cl2N4O2S. The molecule has 3 aromatic heterocycles. The molecule has 0 radical (unpaired) electrons. The van der Waals surface area contributed by atoms with Gasteiger partial charge in [-0.25, -0.2) is 4.98 Å². The van der Waals surface area contributed by atoms with Gasteiger partial charge in [-0.05, 0) is 43.7 Å². The van der Waals surface area contributed by atoms with Gasteiger partial charge in [0.2, 0.25) is 0 Å². The normalized spacial score (nSPS) is 16.2. The number of carbonyl (C=O) groups is 2. The number of nitrogens with zero attached hydrogens (tertiary/aromatic N) is 2. The summed E-state index contributed by atoms with van der Waals surface area (Å²) in [6.45, 7) is 3.91. The number of imidazole rings is 1. The van der Waals surface area contributed by atoms with Gasteiger partial charge in [0, 0.05) is 11.1 Å². The van der Waals surface area contributed by atoms with Gasteiger partial charge in [-0.15, -0.1) is 11.3 Å². The number of thiophene rings is 1. The van der Waals surface area contributed by atoms with Gasteiger partial charge in [0.15, 0.2) is 5.65 Å². The molecule has 0 bridgehead atoms. The van der Waals surface area contributed by atoms with Gasteiger partial charge >= 0.3 is 0 Å². The number of anilines is 1. The Kier molecular flexibility index (Phi) is 4.85. The van der Waals surface area contributed by atoms with Gasteiger partial charge in [0.05, 0.1) is 21.3 Å². The lowest BCUT2D eigenvalue weighted by atomic mass is 9.88. The minimum absolute atomic E-state index is 0.314. The van der Waals surface area contributed by atoms with E-state index in [9.17, 15) is 9.59 Å². The Bertz CT molecular complexity index is 1140. The zero-order valence-electron chi connectivity index (χ0n) is 15.3. The summed E-state index contributed by atoms with van der Waals surface area (Å²) in [6, 6.07) is 1.58. The first kappa shape index (κ1) is 19.2. The summed E-state index contributed by atoms with van der Waals surface area (Å²) in [7, 11) is 0. The number of aryl methyl sites for hydroxylation is 1. The fourth-order valence-electron chi connectivity index (χ4n) is 3.72. The quantitative estimate of drug-likeness (QED) is 0.633. The molecule has 2 amide bonds. The zero-order valence-corrected chi connectivity index (χ0v) is 17.6. The molecule has 28 heavy (non-hydrogen) atoms. The van der Waals surface area contributed by atoms with Crippen molar-refractivity contribution in [3.63, 3.8) is 0 Å². The predicted molar refractivity (Wildman–Crippen MR) is 112 cm³/mol. The van der Waals surface area contributed by atoms with Crippen LogP contribution in [0, 0.1) is 12.8 Å². The number of nitrogens with two attached hydrogens (primary N) is 1. The van der Waals surface area contributed by atoms with Crippen LogP contribution in [0.15, 0.2) is 12.3 Å². The van der Waals surface area contributed by atoms with Crippen LogP contribution in [0.2, 0.25) is 10.0 Å². The summed E-state index contributed by atoms with van der Waals surface area (Å²) >= 11 is 13.7. The fourth-order valence-corrected chi connectivity index (χ4v) is 5.65. The largest absolute Gasteiger partial charge is 0.365 e. The number of pyridine rings is 1. The van der Waals surface area contributed by atoms with Crippen molar-refractivity contribution in [3.05, 3.63) is 49.7 Å². The third-order valence-electron chi connectivity index (χ3n) is 5.02. The molecular weight excluding hydrogens is 419 g/mol. The zero-order chi connectivity index (χ0) is 20.2. The maximum atomic E-state index is 13.1. The Labute approximate surface area is 175 Å². The van der Waals surface area contributed by atoms with Crippen LogP contribution in [-0.4, -0.2) is 21.2 Å². The van der Waals surface area contributed by atoms with Crippen LogP contribution < -0.4 is 11.1 Å². The second-order valence-corrected chi connectivity index (χ2v) is 9.07. The summed E-state index contributed by atoms with van der Waals surface area (Å²) in [5, 5.41) is 4.10. The van der Waals surface area contributed by atoms with E-state index in [0.29, 0.717) is 43.6 Å². The monoisotopic (exact) mass is 436 g/mol. The first-order chi connectivity index (χ1) is 13.3. The van der Waals surface area contributed by atoms with E-state index in [1.54, 1.807) is 23.6 Å². The predicted octanol–water partition coefficient (Wildman–Crippen LogP) is 4.49. The lowest BCUT2D eigenvalue weighted by molar-refractivity contribution is 0.1000. The number of halogens is 2. The molecule has 146 valence electrons. The number of nitrogens with one attached hydrogen (secondary N) is 1. The number of primary amides is 1. The molecule has 9 heteroatoms. The van der Waals surface area contributed by atoms with Crippen LogP contribution >= 0.6 is 34.5 Å². The van der Waals surface area contributed by atoms with Crippen LogP contribution in [0.1, 0.15) is 50.3 Å². The minimum atomic E-state index is -0.525. The topological polar surface area (TPSA) is 89.5 Å². The highest BCUT2D eigenvalue weighted by atomic mass is 35.5. The average molecular weight is 437 g/mol. The Morgan fingerprint density at radius 3 is 2.86 bits per heavy atom. The molecule has 0 saturated carbocycles. The van der Waals surface area contributed by atoms with Crippen molar-refractivity contribution in [1.29, 1.82) is 0 Å². The van der Waals surface area contributed by atoms with E-state index in [1.807, 2.05) is 0 Å². The first-order valence-corrected chi connectivity index (χ1v) is 10.4. The first-order valence-electron chi connectivity index (χ1n) is 8.85. The van der Waals surface area contributed by atoms with Crippen molar-refractivity contribution in [3.8, 4) is 0 Å². The molecule has 0 aromatic carbocycles. The molecule has 3 heterocycles. The van der Waals surface area contributed by atoms with E-state index in [2.05, 4.69) is 17.2 Å². The van der Waals surface area contributed by atoms with Crippen molar-refractivity contribution in [2.75, 3.05) is 5.32 Å². The summed E-state index contributed by atoms with van der Waals surface area (Å²) in [5.41, 5.74) is 8.29. The van der Waals surface area contributed by atoms with Crippen molar-refractivity contribution < 1.29 is 9.59 Å². The molecule has 4 rings (SSSR count). The molecule has 3 N–H and O–H groups in total. The Hall–Kier alpha value is -2.09. The summed E-state index contributed by atoms with van der Waals surface area (Å²) < 4.78 is 1.56. The number of carbonyl (C=O) groups excluding carboxylic acids is 2. The summed E-state index contributed by atoms with van der Waals surface area (Å²) in [6.07, 6.45) is 4.27. The second kappa shape index (κ2) is 7.06. The molecule has 1 aliphatic rings. The minimum Gasteiger partial charge on any atom is -0.365 e. The fraction of sp³-hybridized carbons (Fsp3) is 0.316. The lowest BCUT2D eigenvalue weighted by Gasteiger charge is -2.18. The van der Waals surface area contributed by atoms with E-state index < -0.39 is 11.8 Å². The van der Waals surface area contributed by atoms with E-state index >= 15 is 0 Å². The van der Waals surface area contributed by atoms with E-state index in [0.717, 1.165) is 29.7 Å². The Morgan fingerprint density at radius 2 is 2.14 bits per heavy atom. The van der Waals surface area contributed by atoms with Crippen molar-refractivity contribution in [2.45, 2.75) is 33.1 Å². The number of rotatable bonds is 3. The van der Waals surface area contributed by atoms with E-state index in [1.165, 1.54) is 11.3 Å². The van der Waals surface area contributed by atoms with Gasteiger partial charge in [-0.2, -0.15) is 0 Å². The molecule has 0 spiro atoms. The highest BCUT2D eigenvalue weighted by Gasteiger charge is 2.28. The molecule has 0 saturated heterocycles. The highest BCUT2D eigenvalue weighted by molar-refractivity contribution is 7.17. The molecule has 1 aliphatic carbocycles. The molecule has 6 nitrogen and oxygen atoms in total. The van der Waals surface area contributed by atoms with Crippen molar-refractivity contribution in [2.24, 2.45) is 11.7 Å². The number of amides is 2. The SMILES string of the molecule is Cc1nc2c(Cl)cc(Cl)cn2c1C(=O)Nc1sc2c(c1C(N)=O)CCC(C)C2. The number of aromatic nitrogens is 2. The second-order valence-electron chi connectivity index (χ2n) is 7.12. The van der Waals surface area contributed by atoms with Gasteiger partial charge in [-0.1, -0.05) is 30.1 Å². The number of fused-ring (bicyclic) bond motifs is 2. The van der Waals surface area contributed by atoms with Crippen LogP contribution in [0.5, 0.6) is 0 Å². The molecule has 0 aliphatic heterocycles. The van der Waals surface area contributed by atoms with E-state index in [-0.39, 0.29) is 0 Å². The van der Waals surface area contributed by atoms with Gasteiger partial charge in [0.25, 0.3) is 11.8 Å². The summed E-state index contributed by atoms with van der Waals surface area (Å²) in [4.78, 5) is 30.7. The molecule has 0 fully saturated rings. The van der Waals surface area contributed by atoms with Crippen molar-refractivity contribution >= 4 is 57.0 Å². The maximum Gasteiger partial charge on any atom is 0.275 e. The molecule has 1 atom stereocenters.